The largest absolute Gasteiger partial charge is 0.444 e. The lowest BCUT2D eigenvalue weighted by atomic mass is 10.1. The van der Waals surface area contributed by atoms with Crippen LogP contribution in [0, 0.1) is 0 Å². The van der Waals surface area contributed by atoms with Crippen LogP contribution in [0.2, 0.25) is 0 Å². The van der Waals surface area contributed by atoms with Crippen molar-refractivity contribution in [2.75, 3.05) is 18.4 Å². The molecule has 3 N–H and O–H groups in total. The van der Waals surface area contributed by atoms with Gasteiger partial charge in [-0.2, -0.15) is 0 Å². The molecule has 1 aliphatic rings. The topological polar surface area (TPSA) is 102 Å². The van der Waals surface area contributed by atoms with Crippen molar-refractivity contribution >= 4 is 23.6 Å². The third kappa shape index (κ3) is 4.88. The number of hydrogen-bond acceptors (Lipinski definition) is 4. The summed E-state index contributed by atoms with van der Waals surface area (Å²) in [6, 6.07) is 14.5. The summed E-state index contributed by atoms with van der Waals surface area (Å²) in [7, 11) is 0. The second-order valence-electron chi connectivity index (χ2n) is 6.65. The number of piperidine rings is 1. The molecule has 3 rings (SSSR count). The lowest BCUT2D eigenvalue weighted by molar-refractivity contribution is -0.142. The fourth-order valence-corrected chi connectivity index (χ4v) is 3.21. The number of nitrogens with one attached hydrogen (secondary N) is 1. The van der Waals surface area contributed by atoms with Crippen molar-refractivity contribution in [3.8, 4) is 0 Å². The van der Waals surface area contributed by atoms with E-state index in [1.54, 1.807) is 47.4 Å². The van der Waals surface area contributed by atoms with E-state index in [1.165, 1.54) is 6.07 Å². The molecule has 146 valence electrons. The maximum atomic E-state index is 13.1. The van der Waals surface area contributed by atoms with Gasteiger partial charge in [-0.15, -0.1) is 0 Å². The van der Waals surface area contributed by atoms with Crippen LogP contribution >= 0.6 is 0 Å². The quantitative estimate of drug-likeness (QED) is 0.777. The monoisotopic (exact) mass is 381 g/mol. The molecule has 0 aromatic heterocycles. The normalized spacial score (nSPS) is 14.8. The minimum Gasteiger partial charge on any atom is -0.444 e. The Morgan fingerprint density at radius 3 is 2.36 bits per heavy atom. The third-order valence-electron chi connectivity index (χ3n) is 4.59. The smallest absolute Gasteiger partial charge is 0.339 e. The summed E-state index contributed by atoms with van der Waals surface area (Å²) in [6.45, 7) is 1.33. The zero-order chi connectivity index (χ0) is 19.9. The predicted octanol–water partition coefficient (Wildman–Crippen LogP) is 3.09. The van der Waals surface area contributed by atoms with Crippen LogP contribution in [0.4, 0.5) is 10.5 Å². The molecule has 0 aliphatic carbocycles. The van der Waals surface area contributed by atoms with Gasteiger partial charge < -0.3 is 20.7 Å². The zero-order valence-corrected chi connectivity index (χ0v) is 15.5. The van der Waals surface area contributed by atoms with Crippen LogP contribution in [0.5, 0.6) is 0 Å². The highest BCUT2D eigenvalue weighted by molar-refractivity contribution is 5.95. The first-order valence-electron chi connectivity index (χ1n) is 9.26. The summed E-state index contributed by atoms with van der Waals surface area (Å²) in [5, 5.41) is 2.42. The molecular weight excluding hydrogens is 358 g/mol. The number of esters is 1. The van der Waals surface area contributed by atoms with Crippen molar-refractivity contribution in [3.05, 3.63) is 65.7 Å². The van der Waals surface area contributed by atoms with E-state index in [-0.39, 0.29) is 11.5 Å². The van der Waals surface area contributed by atoms with Gasteiger partial charge in [-0.05, 0) is 37.5 Å². The molecule has 1 heterocycles. The molecule has 0 spiro atoms. The minimum absolute atomic E-state index is 0.217. The van der Waals surface area contributed by atoms with Gasteiger partial charge >= 0.3 is 12.0 Å². The van der Waals surface area contributed by atoms with E-state index < -0.39 is 18.1 Å². The number of likely N-dealkylation sites (tertiary alicyclic amines) is 1. The van der Waals surface area contributed by atoms with Crippen molar-refractivity contribution in [2.45, 2.75) is 25.4 Å². The number of carbonyl (C=O) groups excluding carboxylic acids is 3. The summed E-state index contributed by atoms with van der Waals surface area (Å²) >= 11 is 0. The molecule has 3 amide bonds. The van der Waals surface area contributed by atoms with Gasteiger partial charge in [-0.3, -0.25) is 4.79 Å². The lowest BCUT2D eigenvalue weighted by Gasteiger charge is -2.30. The number of hydrogen-bond donors (Lipinski definition) is 2. The molecule has 1 aliphatic heterocycles. The Balaban J connectivity index is 1.82. The van der Waals surface area contributed by atoms with Gasteiger partial charge in [0.2, 0.25) is 6.10 Å². The predicted molar refractivity (Wildman–Crippen MR) is 105 cm³/mol. The van der Waals surface area contributed by atoms with Crippen molar-refractivity contribution < 1.29 is 19.1 Å². The van der Waals surface area contributed by atoms with Crippen molar-refractivity contribution in [1.82, 2.24) is 4.90 Å². The van der Waals surface area contributed by atoms with Crippen LogP contribution in [-0.4, -0.2) is 35.9 Å². The van der Waals surface area contributed by atoms with Gasteiger partial charge in [0, 0.05) is 24.3 Å². The van der Waals surface area contributed by atoms with Crippen molar-refractivity contribution in [3.63, 3.8) is 0 Å². The second kappa shape index (κ2) is 9.03. The van der Waals surface area contributed by atoms with Gasteiger partial charge in [0.1, 0.15) is 0 Å². The number of carbonyl (C=O) groups is 3. The number of nitrogens with two attached hydrogens (primary N) is 1. The summed E-state index contributed by atoms with van der Waals surface area (Å²) in [5.41, 5.74) is 6.33. The standard InChI is InChI=1S/C21H23N3O4/c22-21(27)23-17-11-7-10-16(14-17)20(26)28-18(15-8-3-1-4-9-15)19(25)24-12-5-2-6-13-24/h1,3-4,7-11,14,18H,2,5-6,12-13H2,(H3,22,23,27)/t18-/m0/s1. The Hall–Kier alpha value is -3.35. The summed E-state index contributed by atoms with van der Waals surface area (Å²) in [5.74, 6) is -0.863. The van der Waals surface area contributed by atoms with Crippen LogP contribution < -0.4 is 11.1 Å². The Morgan fingerprint density at radius 1 is 0.964 bits per heavy atom. The number of rotatable bonds is 5. The molecule has 28 heavy (non-hydrogen) atoms. The fourth-order valence-electron chi connectivity index (χ4n) is 3.21. The van der Waals surface area contributed by atoms with E-state index in [0.717, 1.165) is 19.3 Å². The van der Waals surface area contributed by atoms with Crippen LogP contribution in [0.3, 0.4) is 0 Å². The van der Waals surface area contributed by atoms with Gasteiger partial charge in [-0.1, -0.05) is 36.4 Å². The van der Waals surface area contributed by atoms with Crippen molar-refractivity contribution in [1.29, 1.82) is 0 Å². The van der Waals surface area contributed by atoms with E-state index in [4.69, 9.17) is 10.5 Å². The molecular formula is C21H23N3O4. The Kier molecular flexibility index (Phi) is 6.26. The zero-order valence-electron chi connectivity index (χ0n) is 15.5. The average molecular weight is 381 g/mol. The molecule has 0 radical (unpaired) electrons. The van der Waals surface area contributed by atoms with Crippen LogP contribution in [0.15, 0.2) is 54.6 Å². The first kappa shape index (κ1) is 19.4. The number of benzene rings is 2. The molecule has 1 saturated heterocycles. The average Bonchev–Trinajstić information content (AvgIpc) is 2.72. The Labute approximate surface area is 163 Å². The number of primary amides is 1. The minimum atomic E-state index is -1.01. The van der Waals surface area contributed by atoms with E-state index >= 15 is 0 Å². The molecule has 1 atom stereocenters. The molecule has 7 nitrogen and oxygen atoms in total. The fraction of sp³-hybridized carbons (Fsp3) is 0.286. The van der Waals surface area contributed by atoms with Crippen LogP contribution in [0.1, 0.15) is 41.3 Å². The molecule has 1 fully saturated rings. The molecule has 0 unspecified atom stereocenters. The number of nitrogens with zero attached hydrogens (tertiary/aromatic N) is 1. The number of anilines is 1. The number of urea groups is 1. The highest BCUT2D eigenvalue weighted by atomic mass is 16.5. The third-order valence-corrected chi connectivity index (χ3v) is 4.59. The molecule has 0 saturated carbocycles. The summed E-state index contributed by atoms with van der Waals surface area (Å²) in [6.07, 6.45) is 1.98. The number of ether oxygens (including phenoxy) is 1. The summed E-state index contributed by atoms with van der Waals surface area (Å²) < 4.78 is 5.62. The van der Waals surface area contributed by atoms with E-state index in [2.05, 4.69) is 5.32 Å². The highest BCUT2D eigenvalue weighted by Crippen LogP contribution is 2.24. The van der Waals surface area contributed by atoms with E-state index in [1.807, 2.05) is 6.07 Å². The number of amides is 3. The maximum absolute atomic E-state index is 13.1. The van der Waals surface area contributed by atoms with Crippen LogP contribution in [0.25, 0.3) is 0 Å². The summed E-state index contributed by atoms with van der Waals surface area (Å²) in [4.78, 5) is 38.5. The molecule has 7 heteroatoms. The lowest BCUT2D eigenvalue weighted by Crippen LogP contribution is -2.40. The van der Waals surface area contributed by atoms with Crippen LogP contribution in [-0.2, 0) is 9.53 Å². The van der Waals surface area contributed by atoms with Gasteiger partial charge in [0.05, 0.1) is 5.56 Å². The molecule has 0 bridgehead atoms. The SMILES string of the molecule is NC(=O)Nc1cccc(C(=O)O[C@H](C(=O)N2CCCCC2)c2ccccc2)c1. The molecule has 2 aromatic rings. The first-order valence-corrected chi connectivity index (χ1v) is 9.26. The first-order chi connectivity index (χ1) is 13.5. The van der Waals surface area contributed by atoms with E-state index in [9.17, 15) is 14.4 Å². The van der Waals surface area contributed by atoms with Gasteiger partial charge in [0.15, 0.2) is 0 Å². The second-order valence-corrected chi connectivity index (χ2v) is 6.65. The Bertz CT molecular complexity index is 848. The molecule has 2 aromatic carbocycles. The van der Waals surface area contributed by atoms with Gasteiger partial charge in [0.25, 0.3) is 5.91 Å². The highest BCUT2D eigenvalue weighted by Gasteiger charge is 2.30. The maximum Gasteiger partial charge on any atom is 0.339 e. The Morgan fingerprint density at radius 2 is 1.68 bits per heavy atom. The van der Waals surface area contributed by atoms with E-state index in [0.29, 0.717) is 24.3 Å². The van der Waals surface area contributed by atoms with Gasteiger partial charge in [-0.25, -0.2) is 9.59 Å². The van der Waals surface area contributed by atoms with Crippen molar-refractivity contribution in [2.24, 2.45) is 5.73 Å².